The molecule has 0 saturated carbocycles. The first-order chi connectivity index (χ1) is 9.24. The quantitative estimate of drug-likeness (QED) is 0.716. The first-order valence-electron chi connectivity index (χ1n) is 7.47. The first kappa shape index (κ1) is 15.8. The molecule has 0 fully saturated rings. The summed E-state index contributed by atoms with van der Waals surface area (Å²) in [4.78, 5) is 2.17. The van der Waals surface area contributed by atoms with Crippen molar-refractivity contribution in [2.24, 2.45) is 0 Å². The summed E-state index contributed by atoms with van der Waals surface area (Å²) in [5.41, 5.74) is 2.36. The van der Waals surface area contributed by atoms with Crippen LogP contribution < -0.4 is 10.2 Å². The molecule has 0 aliphatic heterocycles. The lowest BCUT2D eigenvalue weighted by Crippen LogP contribution is -2.26. The fourth-order valence-electron chi connectivity index (χ4n) is 2.32. The van der Waals surface area contributed by atoms with Crippen LogP contribution >= 0.6 is 0 Å². The van der Waals surface area contributed by atoms with E-state index in [2.05, 4.69) is 55.3 Å². The number of hydrogen-bond donors (Lipinski definition) is 2. The third-order valence-electron chi connectivity index (χ3n) is 3.48. The fraction of sp³-hybridized carbons (Fsp3) is 0.625. The number of aliphatic hydroxyl groups excluding tert-OH is 1. The van der Waals surface area contributed by atoms with Crippen LogP contribution in [0.5, 0.6) is 0 Å². The van der Waals surface area contributed by atoms with Gasteiger partial charge in [0, 0.05) is 30.5 Å². The Morgan fingerprint density at radius 3 is 2.32 bits per heavy atom. The molecule has 1 rings (SSSR count). The molecule has 0 amide bonds. The molecule has 0 spiro atoms. The summed E-state index contributed by atoms with van der Waals surface area (Å²) < 4.78 is 0. The smallest absolute Gasteiger partial charge is 0.0606 e. The second kappa shape index (κ2) is 8.81. The van der Waals surface area contributed by atoms with Crippen molar-refractivity contribution in [3.05, 3.63) is 24.3 Å². The van der Waals surface area contributed by atoms with Gasteiger partial charge in [-0.3, -0.25) is 0 Å². The zero-order chi connectivity index (χ0) is 14.1. The molecule has 3 nitrogen and oxygen atoms in total. The molecule has 0 aromatic heterocycles. The molecule has 108 valence electrons. The first-order valence-corrected chi connectivity index (χ1v) is 7.47. The topological polar surface area (TPSA) is 35.5 Å². The van der Waals surface area contributed by atoms with Crippen LogP contribution in [-0.2, 0) is 0 Å². The number of nitrogens with one attached hydrogen (secondary N) is 1. The summed E-state index contributed by atoms with van der Waals surface area (Å²) in [7, 11) is 0. The molecule has 0 bridgehead atoms. The van der Waals surface area contributed by atoms with Gasteiger partial charge < -0.3 is 15.3 Å². The van der Waals surface area contributed by atoms with E-state index >= 15 is 0 Å². The SMILES string of the molecule is CCCC(CC)Nc1ccc(N(CC)CCO)cc1. The van der Waals surface area contributed by atoms with Crippen molar-refractivity contribution in [3.8, 4) is 0 Å². The predicted octanol–water partition coefficient (Wildman–Crippen LogP) is 3.50. The zero-order valence-electron chi connectivity index (χ0n) is 12.5. The Labute approximate surface area is 117 Å². The highest BCUT2D eigenvalue weighted by Crippen LogP contribution is 2.19. The number of likely N-dealkylation sites (N-methyl/N-ethyl adjacent to an activating group) is 1. The van der Waals surface area contributed by atoms with Gasteiger partial charge in [-0.1, -0.05) is 20.3 Å². The van der Waals surface area contributed by atoms with Gasteiger partial charge in [0.15, 0.2) is 0 Å². The molecule has 0 aliphatic rings. The third-order valence-corrected chi connectivity index (χ3v) is 3.48. The highest BCUT2D eigenvalue weighted by Gasteiger charge is 2.06. The maximum atomic E-state index is 9.04. The summed E-state index contributed by atoms with van der Waals surface area (Å²) in [6, 6.07) is 9.08. The molecule has 0 saturated heterocycles. The van der Waals surface area contributed by atoms with Crippen molar-refractivity contribution < 1.29 is 5.11 Å². The molecule has 0 radical (unpaired) electrons. The Morgan fingerprint density at radius 2 is 1.84 bits per heavy atom. The van der Waals surface area contributed by atoms with Crippen LogP contribution in [0.2, 0.25) is 0 Å². The highest BCUT2D eigenvalue weighted by atomic mass is 16.3. The summed E-state index contributed by atoms with van der Waals surface area (Å²) >= 11 is 0. The van der Waals surface area contributed by atoms with Crippen LogP contribution in [0, 0.1) is 0 Å². The van der Waals surface area contributed by atoms with Crippen LogP contribution in [0.4, 0.5) is 11.4 Å². The van der Waals surface area contributed by atoms with Gasteiger partial charge in [-0.25, -0.2) is 0 Å². The number of hydrogen-bond acceptors (Lipinski definition) is 3. The molecule has 0 heterocycles. The van der Waals surface area contributed by atoms with E-state index in [0.29, 0.717) is 12.6 Å². The van der Waals surface area contributed by atoms with E-state index in [9.17, 15) is 0 Å². The molecule has 19 heavy (non-hydrogen) atoms. The minimum absolute atomic E-state index is 0.197. The molecular formula is C16H28N2O. The Kier molecular flexibility index (Phi) is 7.34. The van der Waals surface area contributed by atoms with E-state index in [1.165, 1.54) is 24.2 Å². The van der Waals surface area contributed by atoms with Crippen molar-refractivity contribution in [1.29, 1.82) is 0 Å². The van der Waals surface area contributed by atoms with Gasteiger partial charge in [0.1, 0.15) is 0 Å². The molecule has 1 aromatic rings. The number of benzene rings is 1. The van der Waals surface area contributed by atoms with Gasteiger partial charge in [0.05, 0.1) is 6.61 Å². The highest BCUT2D eigenvalue weighted by molar-refractivity contribution is 5.55. The summed E-state index contributed by atoms with van der Waals surface area (Å²) in [5, 5.41) is 12.6. The van der Waals surface area contributed by atoms with Crippen molar-refractivity contribution in [3.63, 3.8) is 0 Å². The van der Waals surface area contributed by atoms with E-state index in [-0.39, 0.29) is 6.61 Å². The average Bonchev–Trinajstić information content (AvgIpc) is 2.45. The van der Waals surface area contributed by atoms with Crippen molar-refractivity contribution >= 4 is 11.4 Å². The summed E-state index contributed by atoms with van der Waals surface area (Å²) in [5.74, 6) is 0. The van der Waals surface area contributed by atoms with E-state index in [4.69, 9.17) is 5.11 Å². The van der Waals surface area contributed by atoms with Crippen molar-refractivity contribution in [2.45, 2.75) is 46.1 Å². The van der Waals surface area contributed by atoms with E-state index in [1.54, 1.807) is 0 Å². The van der Waals surface area contributed by atoms with Gasteiger partial charge in [-0.2, -0.15) is 0 Å². The Morgan fingerprint density at radius 1 is 1.16 bits per heavy atom. The maximum absolute atomic E-state index is 9.04. The van der Waals surface area contributed by atoms with E-state index < -0.39 is 0 Å². The number of anilines is 2. The van der Waals surface area contributed by atoms with Crippen molar-refractivity contribution in [1.82, 2.24) is 0 Å². The fourth-order valence-corrected chi connectivity index (χ4v) is 2.32. The lowest BCUT2D eigenvalue weighted by molar-refractivity contribution is 0.302. The molecule has 0 aliphatic carbocycles. The zero-order valence-corrected chi connectivity index (χ0v) is 12.5. The normalized spacial score (nSPS) is 12.2. The minimum atomic E-state index is 0.197. The monoisotopic (exact) mass is 264 g/mol. The van der Waals surface area contributed by atoms with Crippen LogP contribution in [0.3, 0.4) is 0 Å². The van der Waals surface area contributed by atoms with Crippen LogP contribution in [-0.4, -0.2) is 30.8 Å². The van der Waals surface area contributed by atoms with E-state index in [0.717, 1.165) is 13.0 Å². The molecule has 3 heteroatoms. The molecular weight excluding hydrogens is 236 g/mol. The van der Waals surface area contributed by atoms with Crippen molar-refractivity contribution in [2.75, 3.05) is 29.9 Å². The number of aliphatic hydroxyl groups is 1. The molecule has 2 N–H and O–H groups in total. The van der Waals surface area contributed by atoms with Gasteiger partial charge in [-0.05, 0) is 44.0 Å². The second-order valence-corrected chi connectivity index (χ2v) is 4.89. The molecule has 1 aromatic carbocycles. The lowest BCUT2D eigenvalue weighted by atomic mass is 10.1. The van der Waals surface area contributed by atoms with Gasteiger partial charge in [0.25, 0.3) is 0 Å². The number of nitrogens with zero attached hydrogens (tertiary/aromatic N) is 1. The Balaban J connectivity index is 2.64. The third kappa shape index (κ3) is 5.11. The standard InChI is InChI=1S/C16H28N2O/c1-4-7-14(5-2)17-15-8-10-16(11-9-15)18(6-3)12-13-19/h8-11,14,17,19H,4-7,12-13H2,1-3H3. The Hall–Kier alpha value is -1.22. The maximum Gasteiger partial charge on any atom is 0.0606 e. The van der Waals surface area contributed by atoms with Crippen LogP contribution in [0.15, 0.2) is 24.3 Å². The van der Waals surface area contributed by atoms with Crippen LogP contribution in [0.25, 0.3) is 0 Å². The summed E-state index contributed by atoms with van der Waals surface area (Å²) in [6.45, 7) is 8.36. The lowest BCUT2D eigenvalue weighted by Gasteiger charge is -2.23. The second-order valence-electron chi connectivity index (χ2n) is 4.89. The summed E-state index contributed by atoms with van der Waals surface area (Å²) in [6.07, 6.45) is 3.58. The molecule has 1 atom stereocenters. The van der Waals surface area contributed by atoms with Crippen LogP contribution in [0.1, 0.15) is 40.0 Å². The van der Waals surface area contributed by atoms with Gasteiger partial charge >= 0.3 is 0 Å². The number of rotatable bonds is 9. The van der Waals surface area contributed by atoms with E-state index in [1.807, 2.05) is 0 Å². The predicted molar refractivity (Wildman–Crippen MR) is 84.0 cm³/mol. The van der Waals surface area contributed by atoms with Gasteiger partial charge in [0.2, 0.25) is 0 Å². The Bertz CT molecular complexity index is 337. The average molecular weight is 264 g/mol. The minimum Gasteiger partial charge on any atom is -0.395 e. The molecule has 1 unspecified atom stereocenters. The largest absolute Gasteiger partial charge is 0.395 e. The van der Waals surface area contributed by atoms with Gasteiger partial charge in [-0.15, -0.1) is 0 Å².